The molecule has 0 bridgehead atoms. The number of aliphatic imine (C=N–C) groups is 1. The predicted octanol–water partition coefficient (Wildman–Crippen LogP) is 0.117. The van der Waals surface area contributed by atoms with Crippen molar-refractivity contribution in [2.24, 2.45) is 16.1 Å². The highest BCUT2D eigenvalue weighted by molar-refractivity contribution is 5.88. The quantitative estimate of drug-likeness (QED) is 0.519. The summed E-state index contributed by atoms with van der Waals surface area (Å²) in [6, 6.07) is 0. The lowest BCUT2D eigenvalue weighted by atomic mass is 9.77. The Kier molecular flexibility index (Phi) is 1.60. The van der Waals surface area contributed by atoms with E-state index in [9.17, 15) is 0 Å². The lowest BCUT2D eigenvalue weighted by Crippen LogP contribution is -2.43. The van der Waals surface area contributed by atoms with Crippen molar-refractivity contribution >= 4 is 5.84 Å². The van der Waals surface area contributed by atoms with Gasteiger partial charge < -0.3 is 11.1 Å². The molecule has 3 heteroatoms. The minimum absolute atomic E-state index is 0.297. The zero-order chi connectivity index (χ0) is 7.73. The highest BCUT2D eigenvalue weighted by Crippen LogP contribution is 2.36. The van der Waals surface area contributed by atoms with E-state index in [4.69, 9.17) is 5.73 Å². The molecule has 1 fully saturated rings. The van der Waals surface area contributed by atoms with Crippen molar-refractivity contribution in [2.45, 2.75) is 19.3 Å². The molecule has 0 aromatic heterocycles. The minimum atomic E-state index is 0.297. The number of nitrogens with two attached hydrogens (primary N) is 1. The third-order valence-electron chi connectivity index (χ3n) is 2.98. The fourth-order valence-electron chi connectivity index (χ4n) is 2.10. The predicted molar refractivity (Wildman–Crippen MR) is 45.6 cm³/mol. The second-order valence-corrected chi connectivity index (χ2v) is 3.55. The van der Waals surface area contributed by atoms with Gasteiger partial charge in [-0.15, -0.1) is 0 Å². The van der Waals surface area contributed by atoms with Gasteiger partial charge >= 0.3 is 0 Å². The molecular weight excluding hydrogens is 138 g/mol. The van der Waals surface area contributed by atoms with Crippen LogP contribution >= 0.6 is 0 Å². The summed E-state index contributed by atoms with van der Waals surface area (Å²) in [7, 11) is 0. The fourth-order valence-corrected chi connectivity index (χ4v) is 2.10. The summed E-state index contributed by atoms with van der Waals surface area (Å²) in [6.07, 6.45) is 3.55. The molecule has 11 heavy (non-hydrogen) atoms. The Bertz CT molecular complexity index is 180. The van der Waals surface area contributed by atoms with Crippen LogP contribution in [0.25, 0.3) is 0 Å². The van der Waals surface area contributed by atoms with E-state index < -0.39 is 0 Å². The van der Waals surface area contributed by atoms with E-state index >= 15 is 0 Å². The molecule has 62 valence electrons. The molecule has 2 rings (SSSR count). The SMILES string of the molecule is NC1=NCCC12CCNCC2. The Labute approximate surface area is 67.1 Å². The summed E-state index contributed by atoms with van der Waals surface area (Å²) in [5.41, 5.74) is 6.16. The smallest absolute Gasteiger partial charge is 0.100 e. The summed E-state index contributed by atoms with van der Waals surface area (Å²) in [5, 5.41) is 3.35. The number of piperidine rings is 1. The second-order valence-electron chi connectivity index (χ2n) is 3.55. The van der Waals surface area contributed by atoms with Gasteiger partial charge in [0.2, 0.25) is 0 Å². The summed E-state index contributed by atoms with van der Waals surface area (Å²) in [6.45, 7) is 3.16. The number of rotatable bonds is 0. The molecule has 0 aromatic rings. The average molecular weight is 153 g/mol. The summed E-state index contributed by atoms with van der Waals surface area (Å²) in [4.78, 5) is 4.28. The van der Waals surface area contributed by atoms with Gasteiger partial charge in [0.25, 0.3) is 0 Å². The molecule has 2 heterocycles. The van der Waals surface area contributed by atoms with Crippen molar-refractivity contribution in [1.82, 2.24) is 5.32 Å². The maximum absolute atomic E-state index is 5.87. The molecule has 0 saturated carbocycles. The third kappa shape index (κ3) is 1.03. The molecule has 3 nitrogen and oxygen atoms in total. The minimum Gasteiger partial charge on any atom is -0.387 e. The van der Waals surface area contributed by atoms with Gasteiger partial charge in [-0.2, -0.15) is 0 Å². The van der Waals surface area contributed by atoms with Gasteiger partial charge in [-0.25, -0.2) is 0 Å². The lowest BCUT2D eigenvalue weighted by molar-refractivity contribution is 0.296. The monoisotopic (exact) mass is 153 g/mol. The van der Waals surface area contributed by atoms with Crippen LogP contribution in [-0.4, -0.2) is 25.5 Å². The first kappa shape index (κ1) is 7.10. The van der Waals surface area contributed by atoms with E-state index in [1.165, 1.54) is 19.3 Å². The van der Waals surface area contributed by atoms with Crippen molar-refractivity contribution in [3.63, 3.8) is 0 Å². The van der Waals surface area contributed by atoms with E-state index in [1.54, 1.807) is 0 Å². The average Bonchev–Trinajstić information content (AvgIpc) is 2.36. The molecular formula is C8H15N3. The fraction of sp³-hybridized carbons (Fsp3) is 0.875. The maximum atomic E-state index is 5.87. The summed E-state index contributed by atoms with van der Waals surface area (Å²) in [5.74, 6) is 0.916. The van der Waals surface area contributed by atoms with E-state index in [-0.39, 0.29) is 0 Å². The number of hydrogen-bond acceptors (Lipinski definition) is 3. The van der Waals surface area contributed by atoms with Crippen LogP contribution in [-0.2, 0) is 0 Å². The zero-order valence-electron chi connectivity index (χ0n) is 6.77. The van der Waals surface area contributed by atoms with Gasteiger partial charge in [-0.05, 0) is 32.4 Å². The van der Waals surface area contributed by atoms with Gasteiger partial charge in [-0.1, -0.05) is 0 Å². The second kappa shape index (κ2) is 2.48. The first-order valence-corrected chi connectivity index (χ1v) is 4.35. The first-order valence-electron chi connectivity index (χ1n) is 4.35. The van der Waals surface area contributed by atoms with E-state index in [0.717, 1.165) is 25.5 Å². The topological polar surface area (TPSA) is 50.4 Å². The van der Waals surface area contributed by atoms with Gasteiger partial charge in [-0.3, -0.25) is 4.99 Å². The van der Waals surface area contributed by atoms with E-state index in [2.05, 4.69) is 10.3 Å². The first-order chi connectivity index (χ1) is 5.33. The summed E-state index contributed by atoms with van der Waals surface area (Å²) >= 11 is 0. The number of nitrogens with zero attached hydrogens (tertiary/aromatic N) is 1. The van der Waals surface area contributed by atoms with Crippen molar-refractivity contribution < 1.29 is 0 Å². The molecule has 2 aliphatic heterocycles. The largest absolute Gasteiger partial charge is 0.387 e. The van der Waals surface area contributed by atoms with Crippen molar-refractivity contribution in [2.75, 3.05) is 19.6 Å². The normalized spacial score (nSPS) is 28.9. The number of nitrogens with one attached hydrogen (secondary N) is 1. The Balaban J connectivity index is 2.14. The van der Waals surface area contributed by atoms with Crippen LogP contribution in [0.15, 0.2) is 4.99 Å². The van der Waals surface area contributed by atoms with E-state index in [1.807, 2.05) is 0 Å². The molecule has 1 spiro atoms. The molecule has 1 saturated heterocycles. The molecule has 0 aromatic carbocycles. The molecule has 2 aliphatic rings. The molecule has 0 atom stereocenters. The van der Waals surface area contributed by atoms with Crippen LogP contribution < -0.4 is 11.1 Å². The molecule has 0 aliphatic carbocycles. The highest BCUT2D eigenvalue weighted by atomic mass is 15.0. The van der Waals surface area contributed by atoms with Crippen molar-refractivity contribution in [3.8, 4) is 0 Å². The lowest BCUT2D eigenvalue weighted by Gasteiger charge is -2.33. The van der Waals surface area contributed by atoms with Gasteiger partial charge in [0, 0.05) is 12.0 Å². The van der Waals surface area contributed by atoms with Crippen LogP contribution in [0.1, 0.15) is 19.3 Å². The number of amidine groups is 1. The zero-order valence-corrected chi connectivity index (χ0v) is 6.77. The molecule has 0 amide bonds. The van der Waals surface area contributed by atoms with Crippen LogP contribution in [0, 0.1) is 5.41 Å². The Hall–Kier alpha value is -0.570. The highest BCUT2D eigenvalue weighted by Gasteiger charge is 2.38. The van der Waals surface area contributed by atoms with E-state index in [0.29, 0.717) is 5.41 Å². The molecule has 3 N–H and O–H groups in total. The van der Waals surface area contributed by atoms with Gasteiger partial charge in [0.15, 0.2) is 0 Å². The summed E-state index contributed by atoms with van der Waals surface area (Å²) < 4.78 is 0. The standard InChI is InChI=1S/C8H15N3/c9-7-8(3-6-11-7)1-4-10-5-2-8/h10H,1-6H2,(H2,9,11). The van der Waals surface area contributed by atoms with Crippen molar-refractivity contribution in [3.05, 3.63) is 0 Å². The Morgan fingerprint density at radius 2 is 2.00 bits per heavy atom. The molecule has 0 radical (unpaired) electrons. The van der Waals surface area contributed by atoms with Crippen LogP contribution in [0.2, 0.25) is 0 Å². The van der Waals surface area contributed by atoms with Crippen LogP contribution in [0.5, 0.6) is 0 Å². The number of hydrogen-bond donors (Lipinski definition) is 2. The van der Waals surface area contributed by atoms with Crippen molar-refractivity contribution in [1.29, 1.82) is 0 Å². The van der Waals surface area contributed by atoms with Crippen LogP contribution in [0.3, 0.4) is 0 Å². The molecule has 0 unspecified atom stereocenters. The third-order valence-corrected chi connectivity index (χ3v) is 2.98. The van der Waals surface area contributed by atoms with Crippen LogP contribution in [0.4, 0.5) is 0 Å². The Morgan fingerprint density at radius 3 is 2.55 bits per heavy atom. The van der Waals surface area contributed by atoms with Gasteiger partial charge in [0.1, 0.15) is 5.84 Å². The Morgan fingerprint density at radius 1 is 1.27 bits per heavy atom. The maximum Gasteiger partial charge on any atom is 0.100 e. The van der Waals surface area contributed by atoms with Gasteiger partial charge in [0.05, 0.1) is 0 Å².